The van der Waals surface area contributed by atoms with Crippen molar-refractivity contribution in [3.05, 3.63) is 83.3 Å². The molecule has 2 heterocycles. The number of nitrogens with zero attached hydrogens (tertiary/aromatic N) is 2. The largest absolute Gasteiger partial charge is 0.508 e. The molecule has 0 saturated carbocycles. The topological polar surface area (TPSA) is 74.6 Å². The predicted octanol–water partition coefficient (Wildman–Crippen LogP) is 3.93. The Morgan fingerprint density at radius 3 is 2.48 bits per heavy atom. The number of hydrogen-bond acceptors (Lipinski definition) is 3. The van der Waals surface area contributed by atoms with Crippen molar-refractivity contribution < 1.29 is 14.7 Å². The lowest BCUT2D eigenvalue weighted by Crippen LogP contribution is -2.30. The van der Waals surface area contributed by atoms with Crippen LogP contribution in [0.25, 0.3) is 11.8 Å². The number of nitrogens with one attached hydrogen (secondary N) is 1. The lowest BCUT2D eigenvalue weighted by molar-refractivity contribution is -0.113. The highest BCUT2D eigenvalue weighted by Gasteiger charge is 2.35. The van der Waals surface area contributed by atoms with Crippen molar-refractivity contribution in [2.75, 3.05) is 4.90 Å². The number of halogens is 1. The van der Waals surface area contributed by atoms with Gasteiger partial charge in [0.05, 0.1) is 5.69 Å². The number of imide groups is 1. The summed E-state index contributed by atoms with van der Waals surface area (Å²) in [6.45, 7) is 0. The highest BCUT2D eigenvalue weighted by molar-refractivity contribution is 6.32. The number of carbonyl (C=O) groups is 2. The van der Waals surface area contributed by atoms with Crippen LogP contribution in [0, 0.1) is 0 Å². The number of urea groups is 1. The van der Waals surface area contributed by atoms with Gasteiger partial charge >= 0.3 is 6.03 Å². The molecule has 1 aliphatic heterocycles. The van der Waals surface area contributed by atoms with Gasteiger partial charge in [0.25, 0.3) is 5.91 Å². The fourth-order valence-electron chi connectivity index (χ4n) is 2.89. The van der Waals surface area contributed by atoms with Gasteiger partial charge in [-0.05, 0) is 60.7 Å². The molecule has 7 heteroatoms. The number of anilines is 1. The smallest absolute Gasteiger partial charge is 0.333 e. The summed E-state index contributed by atoms with van der Waals surface area (Å²) in [5.41, 5.74) is 2.09. The molecular formula is C20H14ClN3O3. The molecule has 6 nitrogen and oxygen atoms in total. The van der Waals surface area contributed by atoms with E-state index in [-0.39, 0.29) is 11.4 Å². The van der Waals surface area contributed by atoms with Crippen LogP contribution in [0.5, 0.6) is 5.75 Å². The van der Waals surface area contributed by atoms with Crippen LogP contribution in [0.2, 0.25) is 5.02 Å². The summed E-state index contributed by atoms with van der Waals surface area (Å²) < 4.78 is 1.84. The van der Waals surface area contributed by atoms with Crippen LogP contribution in [0.3, 0.4) is 0 Å². The van der Waals surface area contributed by atoms with Gasteiger partial charge in [0.1, 0.15) is 11.4 Å². The Balaban J connectivity index is 1.68. The first-order valence-electron chi connectivity index (χ1n) is 8.12. The first-order valence-corrected chi connectivity index (χ1v) is 8.50. The standard InChI is InChI=1S/C20H14ClN3O3/c21-13-3-1-4-16(11-13)24-19(26)18(22-20(24)27)12-15-5-2-10-23(15)14-6-8-17(25)9-7-14/h1-12,25H,(H,22,27). The molecule has 1 aromatic heterocycles. The van der Waals surface area contributed by atoms with Crippen LogP contribution in [0.15, 0.2) is 72.6 Å². The summed E-state index contributed by atoms with van der Waals surface area (Å²) in [6, 6.07) is 16.3. The fraction of sp³-hybridized carbons (Fsp3) is 0. The molecule has 4 rings (SSSR count). The van der Waals surface area contributed by atoms with E-state index < -0.39 is 11.9 Å². The Morgan fingerprint density at radius 1 is 0.963 bits per heavy atom. The van der Waals surface area contributed by atoms with Crippen molar-refractivity contribution in [1.82, 2.24) is 9.88 Å². The van der Waals surface area contributed by atoms with E-state index in [1.54, 1.807) is 54.6 Å². The SMILES string of the molecule is O=C1NC(=Cc2cccn2-c2ccc(O)cc2)C(=O)N1c1cccc(Cl)c1. The van der Waals surface area contributed by atoms with E-state index >= 15 is 0 Å². The number of rotatable bonds is 3. The molecule has 3 amide bonds. The van der Waals surface area contributed by atoms with Gasteiger partial charge in [-0.1, -0.05) is 17.7 Å². The minimum absolute atomic E-state index is 0.165. The van der Waals surface area contributed by atoms with Gasteiger partial charge in [-0.2, -0.15) is 0 Å². The molecule has 3 aromatic rings. The summed E-state index contributed by atoms with van der Waals surface area (Å²) in [5, 5.41) is 12.5. The number of aromatic hydroxyl groups is 1. The van der Waals surface area contributed by atoms with Gasteiger partial charge in [-0.25, -0.2) is 9.69 Å². The average Bonchev–Trinajstić information content (AvgIpc) is 3.20. The molecule has 0 aliphatic carbocycles. The fourth-order valence-corrected chi connectivity index (χ4v) is 3.08. The van der Waals surface area contributed by atoms with E-state index in [1.165, 1.54) is 0 Å². The Kier molecular flexibility index (Phi) is 4.18. The third kappa shape index (κ3) is 3.18. The Morgan fingerprint density at radius 2 is 1.74 bits per heavy atom. The average molecular weight is 380 g/mol. The maximum absolute atomic E-state index is 12.7. The van der Waals surface area contributed by atoms with E-state index in [9.17, 15) is 14.7 Å². The van der Waals surface area contributed by atoms with E-state index in [0.29, 0.717) is 16.4 Å². The number of benzene rings is 2. The monoisotopic (exact) mass is 379 g/mol. The van der Waals surface area contributed by atoms with Crippen molar-refractivity contribution in [3.63, 3.8) is 0 Å². The van der Waals surface area contributed by atoms with Crippen LogP contribution in [0.4, 0.5) is 10.5 Å². The summed E-state index contributed by atoms with van der Waals surface area (Å²) in [7, 11) is 0. The Labute approximate surface area is 159 Å². The summed E-state index contributed by atoms with van der Waals surface area (Å²) >= 11 is 5.96. The molecule has 2 aromatic carbocycles. The maximum Gasteiger partial charge on any atom is 0.333 e. The number of phenolic OH excluding ortho intramolecular Hbond substituents is 1. The van der Waals surface area contributed by atoms with Crippen LogP contribution in [-0.2, 0) is 4.79 Å². The number of amides is 3. The van der Waals surface area contributed by atoms with Crippen LogP contribution in [-0.4, -0.2) is 21.6 Å². The quantitative estimate of drug-likeness (QED) is 0.534. The van der Waals surface area contributed by atoms with E-state index in [4.69, 9.17) is 11.6 Å². The zero-order valence-electron chi connectivity index (χ0n) is 14.0. The lowest BCUT2D eigenvalue weighted by atomic mass is 10.2. The molecule has 0 radical (unpaired) electrons. The molecule has 0 bridgehead atoms. The number of aromatic nitrogens is 1. The van der Waals surface area contributed by atoms with Crippen molar-refractivity contribution in [2.24, 2.45) is 0 Å². The number of phenols is 1. The molecule has 0 atom stereocenters. The van der Waals surface area contributed by atoms with E-state index in [0.717, 1.165) is 10.6 Å². The van der Waals surface area contributed by atoms with Gasteiger partial charge in [0, 0.05) is 22.6 Å². The van der Waals surface area contributed by atoms with Crippen molar-refractivity contribution >= 4 is 35.3 Å². The molecule has 1 aliphatic rings. The van der Waals surface area contributed by atoms with Crippen LogP contribution >= 0.6 is 11.6 Å². The third-order valence-corrected chi connectivity index (χ3v) is 4.38. The van der Waals surface area contributed by atoms with Crippen LogP contribution < -0.4 is 10.2 Å². The van der Waals surface area contributed by atoms with E-state index in [2.05, 4.69) is 5.32 Å². The molecule has 0 unspecified atom stereocenters. The van der Waals surface area contributed by atoms with Crippen molar-refractivity contribution in [2.45, 2.75) is 0 Å². The lowest BCUT2D eigenvalue weighted by Gasteiger charge is -2.11. The maximum atomic E-state index is 12.7. The van der Waals surface area contributed by atoms with Crippen molar-refractivity contribution in [3.8, 4) is 11.4 Å². The molecule has 0 spiro atoms. The van der Waals surface area contributed by atoms with Gasteiger partial charge in [0.15, 0.2) is 0 Å². The molecule has 27 heavy (non-hydrogen) atoms. The first kappa shape index (κ1) is 16.9. The molecule has 2 N–H and O–H groups in total. The van der Waals surface area contributed by atoms with Gasteiger partial charge in [-0.3, -0.25) is 4.79 Å². The number of hydrogen-bond donors (Lipinski definition) is 2. The highest BCUT2D eigenvalue weighted by atomic mass is 35.5. The van der Waals surface area contributed by atoms with Crippen molar-refractivity contribution in [1.29, 1.82) is 0 Å². The molecule has 1 saturated heterocycles. The Bertz CT molecular complexity index is 1070. The van der Waals surface area contributed by atoms with E-state index in [1.807, 2.05) is 22.9 Å². The molecule has 1 fully saturated rings. The van der Waals surface area contributed by atoms with Gasteiger partial charge in [-0.15, -0.1) is 0 Å². The summed E-state index contributed by atoms with van der Waals surface area (Å²) in [5.74, 6) is -0.290. The second-order valence-electron chi connectivity index (χ2n) is 5.93. The predicted molar refractivity (Wildman–Crippen MR) is 103 cm³/mol. The first-order chi connectivity index (χ1) is 13.0. The van der Waals surface area contributed by atoms with Crippen LogP contribution in [0.1, 0.15) is 5.69 Å². The zero-order valence-corrected chi connectivity index (χ0v) is 14.7. The second-order valence-corrected chi connectivity index (χ2v) is 6.36. The zero-order chi connectivity index (χ0) is 19.0. The summed E-state index contributed by atoms with van der Waals surface area (Å²) in [6.07, 6.45) is 3.44. The Hall–Kier alpha value is -3.51. The minimum Gasteiger partial charge on any atom is -0.508 e. The van der Waals surface area contributed by atoms with Gasteiger partial charge < -0.3 is 15.0 Å². The molecule has 134 valence electrons. The van der Waals surface area contributed by atoms with Gasteiger partial charge in [0.2, 0.25) is 0 Å². The minimum atomic E-state index is -0.531. The summed E-state index contributed by atoms with van der Waals surface area (Å²) in [4.78, 5) is 26.1. The highest BCUT2D eigenvalue weighted by Crippen LogP contribution is 2.25. The normalized spacial score (nSPS) is 15.4. The number of carbonyl (C=O) groups excluding carboxylic acids is 2. The third-order valence-electron chi connectivity index (χ3n) is 4.14. The molecular weight excluding hydrogens is 366 g/mol. The second kappa shape index (κ2) is 6.66.